The lowest BCUT2D eigenvalue weighted by Crippen LogP contribution is -2.62. The predicted molar refractivity (Wildman–Crippen MR) is 372 cm³/mol. The number of nitrogens with one attached hydrogen (secondary N) is 11. The van der Waals surface area contributed by atoms with Gasteiger partial charge in [-0.05, 0) is 133 Å². The minimum atomic E-state index is -1.72. The number of nitrogens with two attached hydrogens (primary N) is 7. The number of primary amides is 2. The second-order valence-electron chi connectivity index (χ2n) is 26.9. The highest BCUT2D eigenvalue weighted by Crippen LogP contribution is 2.17. The highest BCUT2D eigenvalue weighted by Gasteiger charge is 2.39. The molecular weight excluding hydrogens is 1270 g/mol. The van der Waals surface area contributed by atoms with Crippen molar-refractivity contribution in [3.63, 3.8) is 0 Å². The molecule has 0 aliphatic heterocycles. The van der Waals surface area contributed by atoms with Gasteiger partial charge in [-0.15, -0.1) is 0 Å². The Labute approximate surface area is 578 Å². The fourth-order valence-electron chi connectivity index (χ4n) is 10.2. The van der Waals surface area contributed by atoms with Crippen LogP contribution in [0.25, 0.3) is 0 Å². The van der Waals surface area contributed by atoms with Gasteiger partial charge in [0.1, 0.15) is 66.5 Å². The molecule has 0 fully saturated rings. The Bertz CT molecular complexity index is 2590. The maximum atomic E-state index is 14.5. The zero-order valence-electron chi connectivity index (χ0n) is 60.3. The molecule has 15 atom stereocenters. The first kappa shape index (κ1) is 90.2. The van der Waals surface area contributed by atoms with Gasteiger partial charge >= 0.3 is 0 Å². The molecule has 0 saturated carbocycles. The number of nitrogens with zero attached hydrogens (tertiary/aromatic N) is 1. The number of hydrogen-bond donors (Lipinski definition) is 19. The molecule has 0 unspecified atom stereocenters. The van der Waals surface area contributed by atoms with E-state index in [2.05, 4.69) is 63.5 Å². The van der Waals surface area contributed by atoms with Gasteiger partial charge < -0.3 is 104 Å². The van der Waals surface area contributed by atoms with Gasteiger partial charge in [0.05, 0.1) is 12.6 Å². The first-order valence-corrected chi connectivity index (χ1v) is 34.7. The van der Waals surface area contributed by atoms with Crippen molar-refractivity contribution in [2.45, 2.75) is 265 Å². The van der Waals surface area contributed by atoms with Crippen LogP contribution in [-0.2, 0) is 62.3 Å². The lowest BCUT2D eigenvalue weighted by Gasteiger charge is -2.31. The number of rotatable bonds is 51. The highest BCUT2D eigenvalue weighted by molar-refractivity contribution is 5.99. The molecule has 562 valence electrons. The second-order valence-corrected chi connectivity index (χ2v) is 26.9. The number of guanidine groups is 1. The van der Waals surface area contributed by atoms with Crippen LogP contribution in [0, 0.1) is 35.5 Å². The van der Waals surface area contributed by atoms with Crippen molar-refractivity contribution in [1.82, 2.24) is 58.5 Å². The van der Waals surface area contributed by atoms with Gasteiger partial charge in [0.2, 0.25) is 76.8 Å². The number of hydrogen-bond acceptors (Lipinski definition) is 18. The molecule has 0 aliphatic carbocycles. The quantitative estimate of drug-likeness (QED) is 0.0164. The molecule has 0 aromatic rings. The number of aliphatic hydroxyl groups excluding tert-OH is 1. The smallest absolute Gasteiger partial charge is 0.245 e. The van der Waals surface area contributed by atoms with Crippen LogP contribution in [0.15, 0.2) is 4.99 Å². The molecule has 0 rings (SSSR count). The third kappa shape index (κ3) is 35.1. The van der Waals surface area contributed by atoms with Crippen molar-refractivity contribution in [2.24, 2.45) is 80.6 Å². The third-order valence-electron chi connectivity index (χ3n) is 16.7. The molecule has 0 heterocycles. The normalized spacial score (nSPS) is 16.0. The van der Waals surface area contributed by atoms with Crippen molar-refractivity contribution in [2.75, 3.05) is 26.2 Å². The second kappa shape index (κ2) is 48.0. The number of amides is 13. The van der Waals surface area contributed by atoms with E-state index in [9.17, 15) is 67.4 Å². The highest BCUT2D eigenvalue weighted by atomic mass is 16.3. The van der Waals surface area contributed by atoms with Gasteiger partial charge in [0, 0.05) is 13.0 Å². The zero-order valence-corrected chi connectivity index (χ0v) is 60.3. The van der Waals surface area contributed by atoms with Crippen LogP contribution >= 0.6 is 0 Å². The SMILES string of the molecule is CC[C@H](C)[C@H](NC(=O)[C@H](C)N)C(=O)N[C@@H](CCCCN)C(=O)N[C@H](C(=O)N[C@@H](CCC(N)=O)C(=O)N[C@H](C(=O)N[C@@H](CC(C)C)C(=O)N[C@@H](CO)C(=O)N[C@@H](CCCCN)C(=O)N[C@@H](CC(C)C)C(=O)N[C@@H](CCCN=C(N)N)C(=O)N[C@@H](CC(C)C)C(N)=O)[C@@H](C)CC)[C@@H](C)CC. The Morgan fingerprint density at radius 3 is 0.969 bits per heavy atom. The van der Waals surface area contributed by atoms with Crippen molar-refractivity contribution < 1.29 is 67.4 Å². The molecule has 33 nitrogen and oxygen atoms in total. The monoisotopic (exact) mass is 1390 g/mol. The average Bonchev–Trinajstić information content (AvgIpc) is 0.859. The molecule has 0 aliphatic rings. The van der Waals surface area contributed by atoms with Crippen molar-refractivity contribution >= 4 is 82.8 Å². The van der Waals surface area contributed by atoms with Crippen LogP contribution in [0.5, 0.6) is 0 Å². The molecule has 0 aromatic carbocycles. The summed E-state index contributed by atoms with van der Waals surface area (Å²) >= 11 is 0. The van der Waals surface area contributed by atoms with Gasteiger partial charge in [-0.3, -0.25) is 67.3 Å². The summed E-state index contributed by atoms with van der Waals surface area (Å²) in [5.74, 6) is -12.9. The molecule has 0 spiro atoms. The van der Waals surface area contributed by atoms with E-state index in [-0.39, 0.29) is 107 Å². The van der Waals surface area contributed by atoms with Gasteiger partial charge in [0.25, 0.3) is 0 Å². The average molecular weight is 1390 g/mol. The molecule has 33 heteroatoms. The fraction of sp³-hybridized carbons (Fsp3) is 0.785. The maximum absolute atomic E-state index is 14.5. The molecule has 26 N–H and O–H groups in total. The molecular formula is C65H123N19O14. The van der Waals surface area contributed by atoms with E-state index < -0.39 is 174 Å². The predicted octanol–water partition coefficient (Wildman–Crippen LogP) is -3.00. The Balaban J connectivity index is 7.04. The molecule has 0 bridgehead atoms. The van der Waals surface area contributed by atoms with E-state index in [0.29, 0.717) is 38.5 Å². The topological polar surface area (TPSA) is 569 Å². The van der Waals surface area contributed by atoms with Gasteiger partial charge in [-0.1, -0.05) is 102 Å². The zero-order chi connectivity index (χ0) is 75.1. The summed E-state index contributed by atoms with van der Waals surface area (Å²) in [6, 6.07) is -15.6. The third-order valence-corrected chi connectivity index (χ3v) is 16.7. The number of unbranched alkanes of at least 4 members (excludes halogenated alkanes) is 2. The molecule has 0 radical (unpaired) electrons. The molecule has 0 aromatic heterocycles. The summed E-state index contributed by atoms with van der Waals surface area (Å²) in [4.78, 5) is 183. The molecule has 98 heavy (non-hydrogen) atoms. The van der Waals surface area contributed by atoms with Crippen molar-refractivity contribution in [3.05, 3.63) is 0 Å². The first-order chi connectivity index (χ1) is 45.9. The summed E-state index contributed by atoms with van der Waals surface area (Å²) in [5.41, 5.74) is 39.5. The minimum Gasteiger partial charge on any atom is -0.394 e. The van der Waals surface area contributed by atoms with Crippen LogP contribution in [0.4, 0.5) is 0 Å². The number of carbonyl (C=O) groups excluding carboxylic acids is 13. The van der Waals surface area contributed by atoms with E-state index in [4.69, 9.17) is 40.1 Å². The Morgan fingerprint density at radius 1 is 0.357 bits per heavy atom. The Kier molecular flexibility index (Phi) is 44.2. The van der Waals surface area contributed by atoms with Crippen molar-refractivity contribution in [3.8, 4) is 0 Å². The number of aliphatic imine (C=N–C) groups is 1. The van der Waals surface area contributed by atoms with E-state index in [1.165, 1.54) is 6.92 Å². The standard InChI is InChI=1S/C65H123N19O14/c1-14-37(10)50(82-54(88)40(13)68)62(96)76-42(23-18-20-28-67)57(91)83-51(38(11)15-2)63(97)77-44(25-26-49(69)86)58(92)84-52(39(12)16-3)64(98)80-47(32-36(8)9)60(94)81-48(33-85)61(95)75-41(22-17-19-27-66)56(90)79-46(31-35(6)7)59(93)74-43(24-21-29-73-65(71)72)55(89)78-45(53(70)87)30-34(4)5/h34-48,50-52,85H,14-33,66-68H2,1-13H3,(H2,69,86)(H2,70,87)(H,74,93)(H,75,95)(H,76,96)(H,77,97)(H,78,89)(H,79,90)(H,80,98)(H,81,94)(H,82,88)(H,83,91)(H,84,92)(H4,71,72,73)/t37-,38-,39-,40-,41-,42-,43-,44-,45-,46-,47-,48-,50-,51-,52-/m0/s1. The van der Waals surface area contributed by atoms with E-state index in [1.54, 1.807) is 62.3 Å². The minimum absolute atomic E-state index is 0.00389. The summed E-state index contributed by atoms with van der Waals surface area (Å²) in [7, 11) is 0. The van der Waals surface area contributed by atoms with Crippen LogP contribution < -0.4 is 98.6 Å². The Hall–Kier alpha value is -7.78. The number of aliphatic hydroxyl groups is 1. The van der Waals surface area contributed by atoms with Crippen LogP contribution in [-0.4, -0.2) is 187 Å². The van der Waals surface area contributed by atoms with Gasteiger partial charge in [-0.2, -0.15) is 0 Å². The first-order valence-electron chi connectivity index (χ1n) is 34.7. The molecule has 0 saturated heterocycles. The summed E-state index contributed by atoms with van der Waals surface area (Å²) in [6.45, 7) is 22.2. The summed E-state index contributed by atoms with van der Waals surface area (Å²) in [5, 5.41) is 39.8. The molecule has 13 amide bonds. The summed E-state index contributed by atoms with van der Waals surface area (Å²) in [6.07, 6.45) is 2.43. The lowest BCUT2D eigenvalue weighted by molar-refractivity contribution is -0.137. The van der Waals surface area contributed by atoms with Gasteiger partial charge in [-0.25, -0.2) is 0 Å². The summed E-state index contributed by atoms with van der Waals surface area (Å²) < 4.78 is 0. The maximum Gasteiger partial charge on any atom is 0.245 e. The fourth-order valence-corrected chi connectivity index (χ4v) is 10.2. The lowest BCUT2D eigenvalue weighted by atomic mass is 9.95. The van der Waals surface area contributed by atoms with Crippen LogP contribution in [0.2, 0.25) is 0 Å². The van der Waals surface area contributed by atoms with E-state index in [1.807, 2.05) is 20.8 Å². The van der Waals surface area contributed by atoms with E-state index in [0.717, 1.165) is 0 Å². The van der Waals surface area contributed by atoms with Crippen LogP contribution in [0.3, 0.4) is 0 Å². The van der Waals surface area contributed by atoms with E-state index >= 15 is 0 Å². The van der Waals surface area contributed by atoms with Crippen LogP contribution in [0.1, 0.15) is 193 Å². The Morgan fingerprint density at radius 2 is 0.643 bits per heavy atom. The number of carbonyl (C=O) groups is 13. The van der Waals surface area contributed by atoms with Crippen molar-refractivity contribution in [1.29, 1.82) is 0 Å². The van der Waals surface area contributed by atoms with Gasteiger partial charge in [0.15, 0.2) is 5.96 Å². The largest absolute Gasteiger partial charge is 0.394 e.